The molecule has 0 aliphatic rings. The van der Waals surface area contributed by atoms with Gasteiger partial charge in [-0.3, -0.25) is 0 Å². The highest BCUT2D eigenvalue weighted by molar-refractivity contribution is 5.70. The monoisotopic (exact) mass is 305 g/mol. The number of aromatic amines is 1. The highest BCUT2D eigenvalue weighted by Crippen LogP contribution is 2.27. The number of aromatic nitrogens is 2. The summed E-state index contributed by atoms with van der Waals surface area (Å²) >= 11 is 0. The molecule has 0 saturated heterocycles. The van der Waals surface area contributed by atoms with Crippen LogP contribution in [0.1, 0.15) is 33.9 Å². The fourth-order valence-electron chi connectivity index (χ4n) is 3.30. The Hall–Kier alpha value is -2.35. The Balaban J connectivity index is 1.95. The van der Waals surface area contributed by atoms with E-state index in [4.69, 9.17) is 0 Å². The molecule has 1 heterocycles. The lowest BCUT2D eigenvalue weighted by atomic mass is 9.95. The first-order chi connectivity index (χ1) is 11.0. The van der Waals surface area contributed by atoms with E-state index in [0.717, 1.165) is 6.54 Å². The molecule has 0 saturated carbocycles. The van der Waals surface area contributed by atoms with Gasteiger partial charge in [-0.1, -0.05) is 42.5 Å². The van der Waals surface area contributed by atoms with Gasteiger partial charge in [0.05, 0.1) is 0 Å². The van der Waals surface area contributed by atoms with Gasteiger partial charge in [0.25, 0.3) is 5.82 Å². The Labute approximate surface area is 138 Å². The Morgan fingerprint density at radius 2 is 1.52 bits per heavy atom. The van der Waals surface area contributed by atoms with E-state index in [9.17, 15) is 0 Å². The lowest BCUT2D eigenvalue weighted by molar-refractivity contribution is -0.698. The minimum Gasteiger partial charge on any atom is -0.245 e. The molecule has 0 amide bonds. The van der Waals surface area contributed by atoms with Gasteiger partial charge in [-0.2, -0.15) is 0 Å². The number of imidazole rings is 1. The summed E-state index contributed by atoms with van der Waals surface area (Å²) in [5.74, 6) is 1.21. The highest BCUT2D eigenvalue weighted by atomic mass is 15.1. The van der Waals surface area contributed by atoms with Gasteiger partial charge >= 0.3 is 0 Å². The second kappa shape index (κ2) is 6.04. The highest BCUT2D eigenvalue weighted by Gasteiger charge is 2.15. The molecule has 0 aliphatic heterocycles. The lowest BCUT2D eigenvalue weighted by Crippen LogP contribution is -2.38. The van der Waals surface area contributed by atoms with Crippen molar-refractivity contribution >= 4 is 0 Å². The third kappa shape index (κ3) is 2.94. The van der Waals surface area contributed by atoms with Crippen LogP contribution in [0.5, 0.6) is 0 Å². The average molecular weight is 305 g/mol. The summed E-state index contributed by atoms with van der Waals surface area (Å²) in [6, 6.07) is 15.4. The average Bonchev–Trinajstić information content (AvgIpc) is 2.75. The van der Waals surface area contributed by atoms with Crippen LogP contribution in [0.4, 0.5) is 0 Å². The van der Waals surface area contributed by atoms with E-state index in [1.807, 2.05) is 0 Å². The van der Waals surface area contributed by atoms with E-state index in [2.05, 4.69) is 86.6 Å². The number of hydrogen-bond acceptors (Lipinski definition) is 0. The largest absolute Gasteiger partial charge is 0.251 e. The topological polar surface area (TPSA) is 19.7 Å². The van der Waals surface area contributed by atoms with Crippen LogP contribution in [0.25, 0.3) is 11.1 Å². The molecule has 3 rings (SSSR count). The normalized spacial score (nSPS) is 11.0. The molecule has 0 spiro atoms. The Bertz CT molecular complexity index is 856. The van der Waals surface area contributed by atoms with Crippen LogP contribution < -0.4 is 4.57 Å². The van der Waals surface area contributed by atoms with Crippen LogP contribution >= 0.6 is 0 Å². The summed E-state index contributed by atoms with van der Waals surface area (Å²) in [5, 5.41) is 0. The van der Waals surface area contributed by atoms with Gasteiger partial charge in [-0.05, 0) is 41.7 Å². The molecule has 2 heteroatoms. The van der Waals surface area contributed by atoms with Crippen LogP contribution in [0.3, 0.4) is 0 Å². The van der Waals surface area contributed by atoms with Gasteiger partial charge < -0.3 is 0 Å². The van der Waals surface area contributed by atoms with E-state index < -0.39 is 0 Å². The molecule has 2 aromatic carbocycles. The van der Waals surface area contributed by atoms with Gasteiger partial charge in [0.1, 0.15) is 17.9 Å². The number of H-pyrrole nitrogens is 1. The quantitative estimate of drug-likeness (QED) is 0.684. The van der Waals surface area contributed by atoms with Crippen molar-refractivity contribution in [3.8, 4) is 11.1 Å². The molecule has 0 aliphatic carbocycles. The molecule has 0 unspecified atom stereocenters. The second-order valence-corrected chi connectivity index (χ2v) is 6.47. The van der Waals surface area contributed by atoms with Gasteiger partial charge in [-0.15, -0.1) is 0 Å². The van der Waals surface area contributed by atoms with Crippen molar-refractivity contribution in [2.45, 2.75) is 41.2 Å². The first-order valence-corrected chi connectivity index (χ1v) is 8.18. The van der Waals surface area contributed by atoms with Crippen molar-refractivity contribution in [1.82, 2.24) is 4.98 Å². The van der Waals surface area contributed by atoms with E-state index >= 15 is 0 Å². The standard InChI is InChI=1S/C21H24N2/c1-14-8-6-7-9-20(14)21-11-10-19(12-15(21)2)13-23-17(4)16(3)22-18(23)5/h6-12H,13H2,1-5H3/p+1. The molecule has 0 bridgehead atoms. The number of nitrogens with zero attached hydrogens (tertiary/aromatic N) is 1. The van der Waals surface area contributed by atoms with Crippen LogP contribution in [-0.2, 0) is 6.54 Å². The summed E-state index contributed by atoms with van der Waals surface area (Å²) in [6.45, 7) is 11.7. The molecule has 0 fully saturated rings. The summed E-state index contributed by atoms with van der Waals surface area (Å²) in [7, 11) is 0. The van der Waals surface area contributed by atoms with Crippen molar-refractivity contribution in [1.29, 1.82) is 0 Å². The maximum atomic E-state index is 3.42. The van der Waals surface area contributed by atoms with Crippen LogP contribution in [0.2, 0.25) is 0 Å². The second-order valence-electron chi connectivity index (χ2n) is 6.47. The fourth-order valence-corrected chi connectivity index (χ4v) is 3.30. The first kappa shape index (κ1) is 15.5. The summed E-state index contributed by atoms with van der Waals surface area (Å²) < 4.78 is 2.34. The van der Waals surface area contributed by atoms with E-state index in [1.54, 1.807) is 0 Å². The Kier molecular flexibility index (Phi) is 4.08. The molecular weight excluding hydrogens is 280 g/mol. The predicted molar refractivity (Wildman–Crippen MR) is 95.7 cm³/mol. The smallest absolute Gasteiger partial charge is 0.245 e. The van der Waals surface area contributed by atoms with Crippen LogP contribution in [0.15, 0.2) is 42.5 Å². The number of rotatable bonds is 3. The Morgan fingerprint density at radius 1 is 0.826 bits per heavy atom. The molecule has 1 N–H and O–H groups in total. The van der Waals surface area contributed by atoms with Crippen molar-refractivity contribution in [2.24, 2.45) is 0 Å². The SMILES string of the molecule is Cc1ccccc1-c1ccc(C[n+]2c(C)[nH]c(C)c2C)cc1C. The molecule has 0 atom stereocenters. The number of hydrogen-bond donors (Lipinski definition) is 1. The van der Waals surface area contributed by atoms with Crippen LogP contribution in [0, 0.1) is 34.6 Å². The van der Waals surface area contributed by atoms with Crippen molar-refractivity contribution in [3.05, 3.63) is 76.4 Å². The van der Waals surface area contributed by atoms with Gasteiger partial charge in [0, 0.05) is 20.8 Å². The minimum atomic E-state index is 0.914. The fraction of sp³-hybridized carbons (Fsp3) is 0.286. The molecular formula is C21H25N2+. The lowest BCUT2D eigenvalue weighted by Gasteiger charge is -2.11. The number of aryl methyl sites for hydroxylation is 4. The van der Waals surface area contributed by atoms with Crippen molar-refractivity contribution in [2.75, 3.05) is 0 Å². The molecule has 0 radical (unpaired) electrons. The zero-order valence-corrected chi connectivity index (χ0v) is 14.7. The van der Waals surface area contributed by atoms with Gasteiger partial charge in [0.2, 0.25) is 0 Å². The molecule has 3 aromatic rings. The van der Waals surface area contributed by atoms with Crippen molar-refractivity contribution in [3.63, 3.8) is 0 Å². The maximum absolute atomic E-state index is 3.42. The first-order valence-electron chi connectivity index (χ1n) is 8.18. The third-order valence-electron chi connectivity index (χ3n) is 4.79. The minimum absolute atomic E-state index is 0.914. The van der Waals surface area contributed by atoms with Crippen LogP contribution in [-0.4, -0.2) is 4.98 Å². The van der Waals surface area contributed by atoms with Gasteiger partial charge in [-0.25, -0.2) is 9.55 Å². The summed E-state index contributed by atoms with van der Waals surface area (Å²) in [4.78, 5) is 3.42. The zero-order valence-electron chi connectivity index (χ0n) is 14.7. The third-order valence-corrected chi connectivity index (χ3v) is 4.79. The number of benzene rings is 2. The molecule has 118 valence electrons. The van der Waals surface area contributed by atoms with Crippen molar-refractivity contribution < 1.29 is 4.57 Å². The molecule has 2 nitrogen and oxygen atoms in total. The molecule has 1 aromatic heterocycles. The summed E-state index contributed by atoms with van der Waals surface area (Å²) in [6.07, 6.45) is 0. The summed E-state index contributed by atoms with van der Waals surface area (Å²) in [5.41, 5.74) is 9.21. The van der Waals surface area contributed by atoms with E-state index in [-0.39, 0.29) is 0 Å². The predicted octanol–water partition coefficient (Wildman–Crippen LogP) is 4.56. The maximum Gasteiger partial charge on any atom is 0.251 e. The van der Waals surface area contributed by atoms with E-state index in [0.29, 0.717) is 0 Å². The van der Waals surface area contributed by atoms with E-state index in [1.165, 1.54) is 45.0 Å². The number of nitrogens with one attached hydrogen (secondary N) is 1. The molecule has 23 heavy (non-hydrogen) atoms. The zero-order chi connectivity index (χ0) is 16.6. The van der Waals surface area contributed by atoms with Gasteiger partial charge in [0.15, 0.2) is 0 Å². The Morgan fingerprint density at radius 3 is 2.13 bits per heavy atom.